The highest BCUT2D eigenvalue weighted by Crippen LogP contribution is 2.52. The first-order chi connectivity index (χ1) is 6.82. The maximum atomic E-state index is 6.20. The Morgan fingerprint density at radius 3 is 2.64 bits per heavy atom. The van der Waals surface area contributed by atoms with Crippen LogP contribution in [0.4, 0.5) is 0 Å². The van der Waals surface area contributed by atoms with Crippen LogP contribution >= 0.6 is 0 Å². The molecule has 0 saturated heterocycles. The van der Waals surface area contributed by atoms with Crippen LogP contribution in [0.1, 0.15) is 49.3 Å². The van der Waals surface area contributed by atoms with Crippen LogP contribution in [0.2, 0.25) is 0 Å². The zero-order chi connectivity index (χ0) is 9.60. The summed E-state index contributed by atoms with van der Waals surface area (Å²) in [5.41, 5.74) is 9.64. The van der Waals surface area contributed by atoms with Gasteiger partial charge >= 0.3 is 0 Å². The highest BCUT2D eigenvalue weighted by molar-refractivity contribution is 5.42. The maximum absolute atomic E-state index is 6.20. The molecule has 0 aliphatic heterocycles. The average Bonchev–Trinajstić information content (AvgIpc) is 2.77. The maximum Gasteiger partial charge on any atom is 0.0306 e. The largest absolute Gasteiger partial charge is 0.324 e. The van der Waals surface area contributed by atoms with Crippen molar-refractivity contribution in [3.05, 3.63) is 35.4 Å². The van der Waals surface area contributed by atoms with Gasteiger partial charge in [-0.2, -0.15) is 0 Å². The molecule has 0 amide bonds. The molecule has 1 fully saturated rings. The van der Waals surface area contributed by atoms with Crippen molar-refractivity contribution in [1.29, 1.82) is 0 Å². The zero-order valence-corrected chi connectivity index (χ0v) is 8.50. The molecule has 0 aromatic heterocycles. The van der Waals surface area contributed by atoms with Crippen molar-refractivity contribution in [2.45, 2.75) is 43.6 Å². The third-order valence-electron chi connectivity index (χ3n) is 4.10. The number of hydrogen-bond donors (Lipinski definition) is 1. The molecule has 1 unspecified atom stereocenters. The molecule has 14 heavy (non-hydrogen) atoms. The van der Waals surface area contributed by atoms with E-state index in [2.05, 4.69) is 24.3 Å². The quantitative estimate of drug-likeness (QED) is 0.664. The molecule has 2 N–H and O–H groups in total. The van der Waals surface area contributed by atoms with Crippen LogP contribution in [0.15, 0.2) is 24.3 Å². The number of benzene rings is 1. The second-order valence-corrected chi connectivity index (χ2v) is 4.89. The molecule has 2 aliphatic rings. The average molecular weight is 187 g/mol. The van der Waals surface area contributed by atoms with Crippen LogP contribution in [0, 0.1) is 0 Å². The van der Waals surface area contributed by atoms with Crippen molar-refractivity contribution in [3.63, 3.8) is 0 Å². The third-order valence-corrected chi connectivity index (χ3v) is 4.10. The summed E-state index contributed by atoms with van der Waals surface area (Å²) in [6.07, 6.45) is 6.68. The summed E-state index contributed by atoms with van der Waals surface area (Å²) in [4.78, 5) is 0. The Labute approximate surface area is 85.3 Å². The molecule has 1 aromatic rings. The van der Waals surface area contributed by atoms with Crippen LogP contribution in [-0.4, -0.2) is 0 Å². The Balaban J connectivity index is 2.13. The van der Waals surface area contributed by atoms with Gasteiger partial charge in [0.05, 0.1) is 0 Å². The molecular weight excluding hydrogens is 170 g/mol. The smallest absolute Gasteiger partial charge is 0.0306 e. The van der Waals surface area contributed by atoms with E-state index >= 15 is 0 Å². The number of hydrogen-bond acceptors (Lipinski definition) is 1. The SMILES string of the molecule is NC1CC2(CCCC2)c2ccccc21. The van der Waals surface area contributed by atoms with Gasteiger partial charge in [0, 0.05) is 6.04 Å². The number of rotatable bonds is 0. The van der Waals surface area contributed by atoms with Gasteiger partial charge in [0.2, 0.25) is 0 Å². The summed E-state index contributed by atoms with van der Waals surface area (Å²) in [6, 6.07) is 9.09. The first-order valence-corrected chi connectivity index (χ1v) is 5.67. The molecule has 1 atom stereocenters. The van der Waals surface area contributed by atoms with E-state index in [0.717, 1.165) is 0 Å². The van der Waals surface area contributed by atoms with Crippen molar-refractivity contribution in [3.8, 4) is 0 Å². The zero-order valence-electron chi connectivity index (χ0n) is 8.50. The Hall–Kier alpha value is -0.820. The Morgan fingerprint density at radius 1 is 1.14 bits per heavy atom. The lowest BCUT2D eigenvalue weighted by Crippen LogP contribution is -2.19. The monoisotopic (exact) mass is 187 g/mol. The Morgan fingerprint density at radius 2 is 1.86 bits per heavy atom. The Bertz CT molecular complexity index is 350. The third kappa shape index (κ3) is 0.992. The fourth-order valence-electron chi connectivity index (χ4n) is 3.47. The minimum atomic E-state index is 0.296. The molecule has 1 saturated carbocycles. The molecule has 0 radical (unpaired) electrons. The fraction of sp³-hybridized carbons (Fsp3) is 0.538. The molecular formula is C13H17N. The second-order valence-electron chi connectivity index (χ2n) is 4.89. The second kappa shape index (κ2) is 2.83. The summed E-state index contributed by atoms with van der Waals surface area (Å²) in [7, 11) is 0. The van der Waals surface area contributed by atoms with Gasteiger partial charge in [-0.1, -0.05) is 37.1 Å². The molecule has 1 nitrogen and oxygen atoms in total. The number of fused-ring (bicyclic) bond motifs is 2. The van der Waals surface area contributed by atoms with Crippen LogP contribution in [-0.2, 0) is 5.41 Å². The van der Waals surface area contributed by atoms with Gasteiger partial charge in [-0.3, -0.25) is 0 Å². The van der Waals surface area contributed by atoms with E-state index in [9.17, 15) is 0 Å². The van der Waals surface area contributed by atoms with Crippen molar-refractivity contribution >= 4 is 0 Å². The lowest BCUT2D eigenvalue weighted by Gasteiger charge is -2.24. The minimum absolute atomic E-state index is 0.296. The van der Waals surface area contributed by atoms with Gasteiger partial charge in [-0.25, -0.2) is 0 Å². The number of nitrogens with two attached hydrogens (primary N) is 1. The van der Waals surface area contributed by atoms with E-state index in [-0.39, 0.29) is 0 Å². The van der Waals surface area contributed by atoms with E-state index in [4.69, 9.17) is 5.73 Å². The molecule has 74 valence electrons. The van der Waals surface area contributed by atoms with E-state index in [1.165, 1.54) is 37.7 Å². The normalized spacial score (nSPS) is 28.2. The van der Waals surface area contributed by atoms with Crippen molar-refractivity contribution < 1.29 is 0 Å². The predicted molar refractivity (Wildman–Crippen MR) is 58.1 cm³/mol. The first-order valence-electron chi connectivity index (χ1n) is 5.67. The lowest BCUT2D eigenvalue weighted by atomic mass is 9.80. The van der Waals surface area contributed by atoms with Gasteiger partial charge in [0.1, 0.15) is 0 Å². The summed E-state index contributed by atoms with van der Waals surface area (Å²) in [6.45, 7) is 0. The molecule has 0 bridgehead atoms. The first kappa shape index (κ1) is 8.49. The summed E-state index contributed by atoms with van der Waals surface area (Å²) >= 11 is 0. The lowest BCUT2D eigenvalue weighted by molar-refractivity contribution is 0.412. The molecule has 3 rings (SSSR count). The molecule has 2 aliphatic carbocycles. The van der Waals surface area contributed by atoms with Crippen molar-refractivity contribution in [2.24, 2.45) is 5.73 Å². The fourth-order valence-corrected chi connectivity index (χ4v) is 3.47. The topological polar surface area (TPSA) is 26.0 Å². The van der Waals surface area contributed by atoms with Gasteiger partial charge in [-0.05, 0) is 35.8 Å². The van der Waals surface area contributed by atoms with Gasteiger partial charge in [0.25, 0.3) is 0 Å². The van der Waals surface area contributed by atoms with Crippen LogP contribution < -0.4 is 5.73 Å². The van der Waals surface area contributed by atoms with Crippen LogP contribution in [0.5, 0.6) is 0 Å². The summed E-state index contributed by atoms with van der Waals surface area (Å²) in [5.74, 6) is 0. The van der Waals surface area contributed by atoms with Crippen molar-refractivity contribution in [1.82, 2.24) is 0 Å². The van der Waals surface area contributed by atoms with E-state index in [1.807, 2.05) is 0 Å². The van der Waals surface area contributed by atoms with Gasteiger partial charge in [0.15, 0.2) is 0 Å². The molecule has 1 heteroatoms. The van der Waals surface area contributed by atoms with Crippen LogP contribution in [0.25, 0.3) is 0 Å². The predicted octanol–water partition coefficient (Wildman–Crippen LogP) is 2.90. The van der Waals surface area contributed by atoms with Crippen molar-refractivity contribution in [2.75, 3.05) is 0 Å². The van der Waals surface area contributed by atoms with E-state index < -0.39 is 0 Å². The Kier molecular flexibility index (Phi) is 1.72. The minimum Gasteiger partial charge on any atom is -0.324 e. The van der Waals surface area contributed by atoms with E-state index in [1.54, 1.807) is 5.56 Å². The van der Waals surface area contributed by atoms with Gasteiger partial charge in [-0.15, -0.1) is 0 Å². The summed E-state index contributed by atoms with van der Waals surface area (Å²) < 4.78 is 0. The van der Waals surface area contributed by atoms with Gasteiger partial charge < -0.3 is 5.73 Å². The highest BCUT2D eigenvalue weighted by Gasteiger charge is 2.43. The highest BCUT2D eigenvalue weighted by atomic mass is 14.7. The van der Waals surface area contributed by atoms with Crippen LogP contribution in [0.3, 0.4) is 0 Å². The molecule has 1 spiro atoms. The van der Waals surface area contributed by atoms with E-state index in [0.29, 0.717) is 11.5 Å². The standard InChI is InChI=1S/C13H17N/c14-12-9-13(7-3-4-8-13)11-6-2-1-5-10(11)12/h1-2,5-6,12H,3-4,7-9,14H2. The molecule has 0 heterocycles. The molecule has 1 aromatic carbocycles. The summed E-state index contributed by atoms with van der Waals surface area (Å²) in [5, 5.41) is 0.